The van der Waals surface area contributed by atoms with E-state index >= 15 is 0 Å². The van der Waals surface area contributed by atoms with E-state index in [0.717, 1.165) is 24.1 Å². The number of methoxy groups -OCH3 is 1. The molecular weight excluding hydrogens is 256 g/mol. The van der Waals surface area contributed by atoms with E-state index in [1.54, 1.807) is 7.11 Å². The Morgan fingerprint density at radius 1 is 1.55 bits per heavy atom. The lowest BCUT2D eigenvalue weighted by Gasteiger charge is -2.14. The van der Waals surface area contributed by atoms with E-state index in [1.807, 2.05) is 31.2 Å². The molecule has 3 N–H and O–H groups in total. The van der Waals surface area contributed by atoms with Crippen molar-refractivity contribution < 1.29 is 14.3 Å². The third kappa shape index (κ3) is 3.56. The van der Waals surface area contributed by atoms with Crippen molar-refractivity contribution in [2.24, 2.45) is 5.73 Å². The normalized spacial score (nSPS) is 23.6. The fourth-order valence-electron chi connectivity index (χ4n) is 2.30. The van der Waals surface area contributed by atoms with Crippen LogP contribution in [0, 0.1) is 0 Å². The number of nitrogens with one attached hydrogen (secondary N) is 1. The van der Waals surface area contributed by atoms with E-state index in [4.69, 9.17) is 15.2 Å². The average Bonchev–Trinajstić information content (AvgIpc) is 2.95. The Bertz CT molecular complexity index is 464. The second-order valence-electron chi connectivity index (χ2n) is 5.05. The van der Waals surface area contributed by atoms with Crippen LogP contribution < -0.4 is 11.1 Å². The Balaban J connectivity index is 1.98. The minimum Gasteiger partial charge on any atom is -0.377 e. The highest BCUT2D eigenvalue weighted by Crippen LogP contribution is 2.22. The van der Waals surface area contributed by atoms with Crippen molar-refractivity contribution in [3.8, 4) is 0 Å². The van der Waals surface area contributed by atoms with Crippen LogP contribution in [0.15, 0.2) is 24.3 Å². The molecule has 1 aliphatic heterocycles. The largest absolute Gasteiger partial charge is 0.377 e. The number of benzene rings is 1. The van der Waals surface area contributed by atoms with E-state index in [1.165, 1.54) is 0 Å². The van der Waals surface area contributed by atoms with Gasteiger partial charge in [0.05, 0.1) is 12.2 Å². The molecule has 0 aromatic heterocycles. The molecule has 1 unspecified atom stereocenters. The highest BCUT2D eigenvalue weighted by atomic mass is 16.5. The summed E-state index contributed by atoms with van der Waals surface area (Å²) in [5, 5.41) is 2.89. The standard InChI is InChI=1S/C15H22N2O3/c1-10(19-2)11-4-3-5-12(8-11)17-15(18)14-7-6-13(9-16)20-14/h3-5,8,10,13-14H,6-7,9,16H2,1-2H3,(H,17,18)/t10?,13-,14+/m1/s1. The minimum atomic E-state index is -0.396. The molecule has 0 spiro atoms. The summed E-state index contributed by atoms with van der Waals surface area (Å²) >= 11 is 0. The van der Waals surface area contributed by atoms with Crippen LogP contribution in [0.2, 0.25) is 0 Å². The summed E-state index contributed by atoms with van der Waals surface area (Å²) in [6, 6.07) is 7.65. The molecule has 20 heavy (non-hydrogen) atoms. The Hall–Kier alpha value is -1.43. The van der Waals surface area contributed by atoms with Gasteiger partial charge in [0.25, 0.3) is 5.91 Å². The summed E-state index contributed by atoms with van der Waals surface area (Å²) in [6.07, 6.45) is 1.17. The first kappa shape index (κ1) is 15.0. The molecule has 2 rings (SSSR count). The molecule has 0 saturated carbocycles. The van der Waals surface area contributed by atoms with Gasteiger partial charge in [-0.05, 0) is 37.5 Å². The zero-order chi connectivity index (χ0) is 14.5. The maximum absolute atomic E-state index is 12.1. The average molecular weight is 278 g/mol. The van der Waals surface area contributed by atoms with Crippen LogP contribution >= 0.6 is 0 Å². The van der Waals surface area contributed by atoms with E-state index in [-0.39, 0.29) is 18.1 Å². The first-order valence-electron chi connectivity index (χ1n) is 6.93. The maximum Gasteiger partial charge on any atom is 0.253 e. The van der Waals surface area contributed by atoms with Gasteiger partial charge in [0.1, 0.15) is 6.10 Å². The van der Waals surface area contributed by atoms with Gasteiger partial charge >= 0.3 is 0 Å². The summed E-state index contributed by atoms with van der Waals surface area (Å²) in [7, 11) is 1.66. The van der Waals surface area contributed by atoms with Crippen LogP contribution in [0.3, 0.4) is 0 Å². The number of hydrogen-bond acceptors (Lipinski definition) is 4. The molecular formula is C15H22N2O3. The van der Waals surface area contributed by atoms with Crippen LogP contribution in [0.25, 0.3) is 0 Å². The van der Waals surface area contributed by atoms with Gasteiger partial charge in [-0.15, -0.1) is 0 Å². The molecule has 1 aliphatic rings. The summed E-state index contributed by atoms with van der Waals surface area (Å²) < 4.78 is 10.9. The third-order valence-electron chi connectivity index (χ3n) is 3.64. The number of hydrogen-bond donors (Lipinski definition) is 2. The van der Waals surface area contributed by atoms with E-state index in [9.17, 15) is 4.79 Å². The zero-order valence-electron chi connectivity index (χ0n) is 12.0. The summed E-state index contributed by atoms with van der Waals surface area (Å²) in [4.78, 5) is 12.1. The molecule has 5 nitrogen and oxygen atoms in total. The minimum absolute atomic E-state index is 0.00352. The SMILES string of the molecule is COC(C)c1cccc(NC(=O)[C@@H]2CC[C@H](CN)O2)c1. The number of anilines is 1. The van der Waals surface area contributed by atoms with E-state index < -0.39 is 6.10 Å². The maximum atomic E-state index is 12.1. The Morgan fingerprint density at radius 2 is 2.35 bits per heavy atom. The molecule has 3 atom stereocenters. The van der Waals surface area contributed by atoms with Crippen molar-refractivity contribution >= 4 is 11.6 Å². The third-order valence-corrected chi connectivity index (χ3v) is 3.64. The predicted octanol–water partition coefficient (Wildman–Crippen LogP) is 1.84. The number of nitrogens with two attached hydrogens (primary N) is 1. The second-order valence-corrected chi connectivity index (χ2v) is 5.05. The van der Waals surface area contributed by atoms with Crippen LogP contribution in [0.1, 0.15) is 31.4 Å². The van der Waals surface area contributed by atoms with Crippen LogP contribution in [0.4, 0.5) is 5.69 Å². The number of carbonyl (C=O) groups excluding carboxylic acids is 1. The lowest BCUT2D eigenvalue weighted by Crippen LogP contribution is -2.29. The number of ether oxygens (including phenoxy) is 2. The first-order valence-corrected chi connectivity index (χ1v) is 6.93. The summed E-state index contributed by atoms with van der Waals surface area (Å²) in [5.41, 5.74) is 7.33. The molecule has 110 valence electrons. The topological polar surface area (TPSA) is 73.6 Å². The van der Waals surface area contributed by atoms with Crippen molar-refractivity contribution in [1.29, 1.82) is 0 Å². The van der Waals surface area contributed by atoms with E-state index in [0.29, 0.717) is 6.54 Å². The number of carbonyl (C=O) groups is 1. The lowest BCUT2D eigenvalue weighted by molar-refractivity contribution is -0.126. The summed E-state index contributed by atoms with van der Waals surface area (Å²) in [6.45, 7) is 2.43. The van der Waals surface area contributed by atoms with Crippen molar-refractivity contribution in [2.75, 3.05) is 19.0 Å². The van der Waals surface area contributed by atoms with Crippen molar-refractivity contribution in [2.45, 2.75) is 38.1 Å². The van der Waals surface area contributed by atoms with Gasteiger partial charge in [0.15, 0.2) is 0 Å². The zero-order valence-corrected chi connectivity index (χ0v) is 12.0. The molecule has 0 bridgehead atoms. The van der Waals surface area contributed by atoms with Crippen LogP contribution in [-0.4, -0.2) is 31.8 Å². The predicted molar refractivity (Wildman–Crippen MR) is 77.4 cm³/mol. The quantitative estimate of drug-likeness (QED) is 0.862. The van der Waals surface area contributed by atoms with Crippen molar-refractivity contribution in [3.63, 3.8) is 0 Å². The monoisotopic (exact) mass is 278 g/mol. The van der Waals surface area contributed by atoms with Gasteiger partial charge in [-0.3, -0.25) is 4.79 Å². The fraction of sp³-hybridized carbons (Fsp3) is 0.533. The Labute approximate surface area is 119 Å². The van der Waals surface area contributed by atoms with Gasteiger partial charge in [-0.25, -0.2) is 0 Å². The molecule has 5 heteroatoms. The highest BCUT2D eigenvalue weighted by molar-refractivity contribution is 5.94. The molecule has 1 aromatic carbocycles. The molecule has 0 radical (unpaired) electrons. The number of amides is 1. The van der Waals surface area contributed by atoms with Crippen molar-refractivity contribution in [3.05, 3.63) is 29.8 Å². The lowest BCUT2D eigenvalue weighted by atomic mass is 10.1. The highest BCUT2D eigenvalue weighted by Gasteiger charge is 2.29. The molecule has 0 aliphatic carbocycles. The van der Waals surface area contributed by atoms with Gasteiger partial charge in [0, 0.05) is 19.3 Å². The molecule has 1 heterocycles. The molecule has 1 saturated heterocycles. The summed E-state index contributed by atoms with van der Waals surface area (Å²) in [5.74, 6) is -0.108. The molecule has 1 amide bonds. The van der Waals surface area contributed by atoms with Crippen LogP contribution in [0.5, 0.6) is 0 Å². The van der Waals surface area contributed by atoms with Gasteiger partial charge in [-0.2, -0.15) is 0 Å². The molecule has 1 fully saturated rings. The Kier molecular flexibility index (Phi) is 5.11. The van der Waals surface area contributed by atoms with Gasteiger partial charge < -0.3 is 20.5 Å². The number of rotatable bonds is 5. The smallest absolute Gasteiger partial charge is 0.253 e. The van der Waals surface area contributed by atoms with Crippen molar-refractivity contribution in [1.82, 2.24) is 0 Å². The van der Waals surface area contributed by atoms with Gasteiger partial charge in [0.2, 0.25) is 0 Å². The van der Waals surface area contributed by atoms with Gasteiger partial charge in [-0.1, -0.05) is 12.1 Å². The second kappa shape index (κ2) is 6.83. The Morgan fingerprint density at radius 3 is 3.00 bits per heavy atom. The van der Waals surface area contributed by atoms with E-state index in [2.05, 4.69) is 5.32 Å². The molecule has 1 aromatic rings. The van der Waals surface area contributed by atoms with Crippen LogP contribution in [-0.2, 0) is 14.3 Å². The fourth-order valence-corrected chi connectivity index (χ4v) is 2.30. The first-order chi connectivity index (χ1) is 9.63.